The molecular formula is C18H26N2O4S. The van der Waals surface area contributed by atoms with E-state index in [0.29, 0.717) is 18.5 Å². The highest BCUT2D eigenvalue weighted by Crippen LogP contribution is 2.19. The third-order valence-electron chi connectivity index (χ3n) is 4.40. The summed E-state index contributed by atoms with van der Waals surface area (Å²) in [7, 11) is 0. The number of hydrogen-bond acceptors (Lipinski definition) is 5. The Kier molecular flexibility index (Phi) is 7.91. The first-order chi connectivity index (χ1) is 12.1. The largest absolute Gasteiger partial charge is 0.456 e. The van der Waals surface area contributed by atoms with Crippen molar-refractivity contribution < 1.29 is 19.1 Å². The standard InChI is InChI=1S/C18H26N2O4S/c1-2-15-6-3-4-10-20(15)16(21)12-24-17(22)7-5-9-19-18(23)14-8-11-25-13-14/h8,11,13,15H,2-7,9-10,12H2,1H3,(H,19,23). The molecule has 0 radical (unpaired) electrons. The molecule has 0 aliphatic carbocycles. The van der Waals surface area contributed by atoms with E-state index in [1.165, 1.54) is 11.3 Å². The maximum Gasteiger partial charge on any atom is 0.306 e. The van der Waals surface area contributed by atoms with Crippen LogP contribution in [0, 0.1) is 0 Å². The molecule has 0 saturated carbocycles. The molecule has 25 heavy (non-hydrogen) atoms. The summed E-state index contributed by atoms with van der Waals surface area (Å²) in [5.74, 6) is -0.644. The Hall–Kier alpha value is -1.89. The van der Waals surface area contributed by atoms with Crippen molar-refractivity contribution in [3.05, 3.63) is 22.4 Å². The molecule has 1 aromatic rings. The van der Waals surface area contributed by atoms with E-state index in [-0.39, 0.29) is 30.9 Å². The highest BCUT2D eigenvalue weighted by Gasteiger charge is 2.25. The summed E-state index contributed by atoms with van der Waals surface area (Å²) >= 11 is 1.46. The van der Waals surface area contributed by atoms with Gasteiger partial charge in [-0.3, -0.25) is 14.4 Å². The Morgan fingerprint density at radius 3 is 2.92 bits per heavy atom. The second kappa shape index (κ2) is 10.2. The van der Waals surface area contributed by atoms with Gasteiger partial charge in [0.1, 0.15) is 0 Å². The van der Waals surface area contributed by atoms with Crippen molar-refractivity contribution in [1.29, 1.82) is 0 Å². The first-order valence-corrected chi connectivity index (χ1v) is 9.81. The van der Waals surface area contributed by atoms with E-state index in [1.807, 2.05) is 10.3 Å². The molecule has 1 aliphatic heterocycles. The van der Waals surface area contributed by atoms with Crippen molar-refractivity contribution in [3.63, 3.8) is 0 Å². The minimum atomic E-state index is -0.400. The number of esters is 1. The van der Waals surface area contributed by atoms with Gasteiger partial charge in [0.2, 0.25) is 0 Å². The zero-order chi connectivity index (χ0) is 18.1. The molecule has 6 nitrogen and oxygen atoms in total. The van der Waals surface area contributed by atoms with Gasteiger partial charge in [0.15, 0.2) is 6.61 Å². The van der Waals surface area contributed by atoms with Gasteiger partial charge in [-0.05, 0) is 43.6 Å². The van der Waals surface area contributed by atoms with E-state index >= 15 is 0 Å². The molecule has 138 valence electrons. The number of nitrogens with zero attached hydrogens (tertiary/aromatic N) is 1. The predicted molar refractivity (Wildman–Crippen MR) is 96.5 cm³/mol. The molecule has 0 aromatic carbocycles. The zero-order valence-corrected chi connectivity index (χ0v) is 15.5. The topological polar surface area (TPSA) is 75.7 Å². The van der Waals surface area contributed by atoms with Gasteiger partial charge < -0.3 is 15.0 Å². The fourth-order valence-electron chi connectivity index (χ4n) is 2.98. The number of ether oxygens (including phenoxy) is 1. The Labute approximate surface area is 152 Å². The molecule has 1 saturated heterocycles. The molecule has 1 fully saturated rings. The van der Waals surface area contributed by atoms with Crippen LogP contribution < -0.4 is 5.32 Å². The van der Waals surface area contributed by atoms with Gasteiger partial charge in [-0.15, -0.1) is 0 Å². The maximum absolute atomic E-state index is 12.2. The SMILES string of the molecule is CCC1CCCCN1C(=O)COC(=O)CCCNC(=O)c1ccsc1. The monoisotopic (exact) mass is 366 g/mol. The smallest absolute Gasteiger partial charge is 0.306 e. The van der Waals surface area contributed by atoms with Crippen molar-refractivity contribution in [3.8, 4) is 0 Å². The summed E-state index contributed by atoms with van der Waals surface area (Å²) in [5.41, 5.74) is 0.630. The molecule has 0 bridgehead atoms. The van der Waals surface area contributed by atoms with Crippen molar-refractivity contribution in [1.82, 2.24) is 10.2 Å². The Balaban J connectivity index is 1.60. The van der Waals surface area contributed by atoms with E-state index in [0.717, 1.165) is 32.2 Å². The van der Waals surface area contributed by atoms with Crippen LogP contribution in [0.2, 0.25) is 0 Å². The van der Waals surface area contributed by atoms with E-state index in [9.17, 15) is 14.4 Å². The number of rotatable bonds is 8. The van der Waals surface area contributed by atoms with Gasteiger partial charge in [0, 0.05) is 36.5 Å². The molecule has 1 N–H and O–H groups in total. The molecule has 1 aliphatic rings. The zero-order valence-electron chi connectivity index (χ0n) is 14.7. The van der Waals surface area contributed by atoms with Crippen LogP contribution in [0.5, 0.6) is 0 Å². The summed E-state index contributed by atoms with van der Waals surface area (Å²) in [5, 5.41) is 6.37. The average Bonchev–Trinajstić information content (AvgIpc) is 3.17. The van der Waals surface area contributed by atoms with E-state index in [1.54, 1.807) is 11.4 Å². The van der Waals surface area contributed by atoms with Crippen LogP contribution >= 0.6 is 11.3 Å². The lowest BCUT2D eigenvalue weighted by Crippen LogP contribution is -2.45. The molecule has 0 spiro atoms. The van der Waals surface area contributed by atoms with E-state index in [2.05, 4.69) is 12.2 Å². The number of thiophene rings is 1. The summed E-state index contributed by atoms with van der Waals surface area (Å²) in [4.78, 5) is 37.5. The molecular weight excluding hydrogens is 340 g/mol. The Morgan fingerprint density at radius 2 is 2.20 bits per heavy atom. The quantitative estimate of drug-likeness (QED) is 0.567. The van der Waals surface area contributed by atoms with Gasteiger partial charge in [0.05, 0.1) is 0 Å². The summed E-state index contributed by atoms with van der Waals surface area (Å²) in [6, 6.07) is 2.02. The van der Waals surface area contributed by atoms with E-state index in [4.69, 9.17) is 4.74 Å². The first kappa shape index (κ1) is 19.4. The molecule has 2 rings (SSSR count). The fraction of sp³-hybridized carbons (Fsp3) is 0.611. The fourth-order valence-corrected chi connectivity index (χ4v) is 3.62. The van der Waals surface area contributed by atoms with Gasteiger partial charge in [0.25, 0.3) is 11.8 Å². The third kappa shape index (κ3) is 6.16. The highest BCUT2D eigenvalue weighted by atomic mass is 32.1. The van der Waals surface area contributed by atoms with Gasteiger partial charge in [-0.25, -0.2) is 0 Å². The first-order valence-electron chi connectivity index (χ1n) is 8.87. The van der Waals surface area contributed by atoms with Crippen molar-refractivity contribution in [2.75, 3.05) is 19.7 Å². The molecule has 1 atom stereocenters. The average molecular weight is 366 g/mol. The Bertz CT molecular complexity index is 574. The predicted octanol–water partition coefficient (Wildman–Crippen LogP) is 2.59. The third-order valence-corrected chi connectivity index (χ3v) is 5.09. The van der Waals surface area contributed by atoms with Crippen LogP contribution in [0.3, 0.4) is 0 Å². The highest BCUT2D eigenvalue weighted by molar-refractivity contribution is 7.08. The van der Waals surface area contributed by atoms with Crippen LogP contribution in [-0.2, 0) is 14.3 Å². The summed E-state index contributed by atoms with van der Waals surface area (Å²) < 4.78 is 5.09. The minimum Gasteiger partial charge on any atom is -0.456 e. The molecule has 2 amide bonds. The number of piperidine rings is 1. The normalized spacial score (nSPS) is 17.2. The lowest BCUT2D eigenvalue weighted by molar-refractivity contribution is -0.153. The van der Waals surface area contributed by atoms with Crippen LogP contribution in [0.15, 0.2) is 16.8 Å². The summed E-state index contributed by atoms with van der Waals surface area (Å²) in [6.45, 7) is 3.05. The lowest BCUT2D eigenvalue weighted by Gasteiger charge is -2.35. The van der Waals surface area contributed by atoms with Crippen molar-refractivity contribution >= 4 is 29.1 Å². The van der Waals surface area contributed by atoms with Crippen LogP contribution in [0.4, 0.5) is 0 Å². The number of carbonyl (C=O) groups is 3. The summed E-state index contributed by atoms with van der Waals surface area (Å²) in [6.07, 6.45) is 4.81. The van der Waals surface area contributed by atoms with Crippen molar-refractivity contribution in [2.24, 2.45) is 0 Å². The molecule has 2 heterocycles. The second-order valence-corrected chi connectivity index (χ2v) is 6.96. The van der Waals surface area contributed by atoms with Gasteiger partial charge in [-0.1, -0.05) is 6.92 Å². The Morgan fingerprint density at radius 1 is 1.36 bits per heavy atom. The van der Waals surface area contributed by atoms with Crippen LogP contribution in [0.25, 0.3) is 0 Å². The molecule has 7 heteroatoms. The van der Waals surface area contributed by atoms with Gasteiger partial charge >= 0.3 is 5.97 Å². The van der Waals surface area contributed by atoms with E-state index < -0.39 is 5.97 Å². The maximum atomic E-state index is 12.2. The molecule has 1 unspecified atom stereocenters. The number of likely N-dealkylation sites (tertiary alicyclic amines) is 1. The lowest BCUT2D eigenvalue weighted by atomic mass is 10.00. The molecule has 1 aromatic heterocycles. The van der Waals surface area contributed by atoms with Crippen LogP contribution in [-0.4, -0.2) is 48.4 Å². The number of amides is 2. The number of carbonyl (C=O) groups excluding carboxylic acids is 3. The van der Waals surface area contributed by atoms with Gasteiger partial charge in [-0.2, -0.15) is 11.3 Å². The van der Waals surface area contributed by atoms with Crippen molar-refractivity contribution in [2.45, 2.75) is 51.5 Å². The van der Waals surface area contributed by atoms with Crippen LogP contribution in [0.1, 0.15) is 55.8 Å². The number of hydrogen-bond donors (Lipinski definition) is 1. The minimum absolute atomic E-state index is 0.106. The second-order valence-electron chi connectivity index (χ2n) is 6.18. The number of nitrogens with one attached hydrogen (secondary N) is 1.